The maximum Gasteiger partial charge on any atom is 0.131 e. The van der Waals surface area contributed by atoms with Gasteiger partial charge in [0.15, 0.2) is 0 Å². The third-order valence-corrected chi connectivity index (χ3v) is 5.72. The summed E-state index contributed by atoms with van der Waals surface area (Å²) in [6.07, 6.45) is 0.827. The second-order valence-corrected chi connectivity index (χ2v) is 6.94. The Morgan fingerprint density at radius 1 is 1.35 bits per heavy atom. The van der Waals surface area contributed by atoms with E-state index in [-0.39, 0.29) is 5.41 Å². The summed E-state index contributed by atoms with van der Waals surface area (Å²) in [5.41, 5.74) is -0.465. The van der Waals surface area contributed by atoms with E-state index >= 15 is 0 Å². The summed E-state index contributed by atoms with van der Waals surface area (Å²) in [6, 6.07) is 3.75. The first-order chi connectivity index (χ1) is 9.47. The lowest BCUT2D eigenvalue weighted by atomic mass is 9.65. The molecule has 20 heavy (non-hydrogen) atoms. The van der Waals surface area contributed by atoms with Gasteiger partial charge in [0.25, 0.3) is 0 Å². The first-order valence-electron chi connectivity index (χ1n) is 6.69. The van der Waals surface area contributed by atoms with Gasteiger partial charge < -0.3 is 4.74 Å². The number of aliphatic imine (C=N–C) groups is 1. The highest BCUT2D eigenvalue weighted by Gasteiger charge is 2.54. The number of thioether (sulfide) groups is 1. The van der Waals surface area contributed by atoms with Gasteiger partial charge >= 0.3 is 0 Å². The van der Waals surface area contributed by atoms with Crippen LogP contribution < -0.4 is 0 Å². The average Bonchev–Trinajstić information content (AvgIpc) is 2.39. The molecular weight excluding hydrogens is 280 g/mol. The third kappa shape index (κ3) is 1.99. The molecule has 2 nitrogen and oxygen atoms in total. The zero-order valence-electron chi connectivity index (χ0n) is 11.6. The highest BCUT2D eigenvalue weighted by molar-refractivity contribution is 8.13. The molecule has 2 unspecified atom stereocenters. The third-order valence-electron chi connectivity index (χ3n) is 4.43. The summed E-state index contributed by atoms with van der Waals surface area (Å²) in [6.45, 7) is 5.07. The van der Waals surface area contributed by atoms with Crippen molar-refractivity contribution in [1.29, 1.82) is 0 Å². The highest BCUT2D eigenvalue weighted by atomic mass is 32.2. The quantitative estimate of drug-likeness (QED) is 0.787. The van der Waals surface area contributed by atoms with Crippen LogP contribution in [0.25, 0.3) is 0 Å². The van der Waals surface area contributed by atoms with E-state index in [0.717, 1.165) is 23.3 Å². The molecule has 1 aromatic carbocycles. The van der Waals surface area contributed by atoms with Crippen molar-refractivity contribution in [1.82, 2.24) is 0 Å². The fourth-order valence-electron chi connectivity index (χ4n) is 3.11. The van der Waals surface area contributed by atoms with Crippen LogP contribution in [0.4, 0.5) is 8.78 Å². The zero-order valence-corrected chi connectivity index (χ0v) is 12.4. The van der Waals surface area contributed by atoms with Gasteiger partial charge in [0, 0.05) is 29.4 Å². The zero-order chi connectivity index (χ0) is 14.4. The summed E-state index contributed by atoms with van der Waals surface area (Å²) in [7, 11) is 0. The van der Waals surface area contributed by atoms with Gasteiger partial charge in [-0.2, -0.15) is 0 Å². The van der Waals surface area contributed by atoms with Gasteiger partial charge in [-0.15, -0.1) is 11.8 Å². The monoisotopic (exact) mass is 297 g/mol. The lowest BCUT2D eigenvalue weighted by Crippen LogP contribution is -2.54. The van der Waals surface area contributed by atoms with Gasteiger partial charge in [-0.3, -0.25) is 4.99 Å². The maximum atomic E-state index is 14.3. The van der Waals surface area contributed by atoms with E-state index in [0.29, 0.717) is 18.8 Å². The SMILES string of the molecule is CC1=NC2(c3ccc(F)cc3F)COCCC2(C)CS1. The molecule has 0 radical (unpaired) electrons. The maximum absolute atomic E-state index is 14.3. The molecule has 0 N–H and O–H groups in total. The Bertz CT molecular complexity index is 577. The molecule has 0 amide bonds. The predicted molar refractivity (Wildman–Crippen MR) is 77.1 cm³/mol. The summed E-state index contributed by atoms with van der Waals surface area (Å²) < 4.78 is 33.1. The lowest BCUT2D eigenvalue weighted by Gasteiger charge is -2.51. The molecule has 2 aliphatic heterocycles. The fraction of sp³-hybridized carbons (Fsp3) is 0.533. The van der Waals surface area contributed by atoms with Crippen LogP contribution >= 0.6 is 11.8 Å². The smallest absolute Gasteiger partial charge is 0.131 e. The first kappa shape index (κ1) is 14.0. The molecule has 0 aromatic heterocycles. The van der Waals surface area contributed by atoms with E-state index in [1.807, 2.05) is 6.92 Å². The Morgan fingerprint density at radius 2 is 2.15 bits per heavy atom. The minimum atomic E-state index is -0.738. The molecule has 3 rings (SSSR count). The molecule has 1 saturated heterocycles. The van der Waals surface area contributed by atoms with Crippen LogP contribution in [0, 0.1) is 17.0 Å². The van der Waals surface area contributed by atoms with Crippen molar-refractivity contribution in [2.45, 2.75) is 25.8 Å². The van der Waals surface area contributed by atoms with Crippen molar-refractivity contribution in [3.63, 3.8) is 0 Å². The molecule has 2 aliphatic rings. The summed E-state index contributed by atoms with van der Waals surface area (Å²) in [5.74, 6) is -0.222. The average molecular weight is 297 g/mol. The molecule has 0 saturated carbocycles. The van der Waals surface area contributed by atoms with E-state index in [1.165, 1.54) is 12.1 Å². The summed E-state index contributed by atoms with van der Waals surface area (Å²) >= 11 is 1.70. The normalized spacial score (nSPS) is 33.5. The fourth-order valence-corrected chi connectivity index (χ4v) is 4.24. The van der Waals surface area contributed by atoms with Crippen LogP contribution in [-0.4, -0.2) is 24.0 Å². The van der Waals surface area contributed by atoms with E-state index in [4.69, 9.17) is 9.73 Å². The van der Waals surface area contributed by atoms with Crippen molar-refractivity contribution < 1.29 is 13.5 Å². The predicted octanol–water partition coefficient (Wildman–Crippen LogP) is 3.75. The van der Waals surface area contributed by atoms with Crippen molar-refractivity contribution >= 4 is 16.8 Å². The van der Waals surface area contributed by atoms with Gasteiger partial charge in [-0.05, 0) is 19.4 Å². The Hall–Kier alpha value is -0.940. The molecule has 108 valence electrons. The Balaban J connectivity index is 2.20. The molecule has 2 heterocycles. The largest absolute Gasteiger partial charge is 0.379 e. The second-order valence-electron chi connectivity index (χ2n) is 5.77. The van der Waals surface area contributed by atoms with E-state index in [1.54, 1.807) is 11.8 Å². The number of fused-ring (bicyclic) bond motifs is 1. The standard InChI is InChI=1S/C15H17F2NOS/c1-10-18-15(12-4-3-11(16)7-13(12)17)8-19-6-5-14(15,2)9-20-10/h3-4,7H,5-6,8-9H2,1-2H3. The molecule has 0 aliphatic carbocycles. The van der Waals surface area contributed by atoms with Gasteiger partial charge in [0.2, 0.25) is 0 Å². The number of halogens is 2. The van der Waals surface area contributed by atoms with E-state index in [2.05, 4.69) is 6.92 Å². The number of ether oxygens (including phenoxy) is 1. The number of nitrogens with zero attached hydrogens (tertiary/aromatic N) is 1. The molecule has 2 atom stereocenters. The van der Waals surface area contributed by atoms with Crippen LogP contribution in [0.15, 0.2) is 23.2 Å². The Morgan fingerprint density at radius 3 is 2.90 bits per heavy atom. The van der Waals surface area contributed by atoms with Crippen LogP contribution in [0.1, 0.15) is 25.8 Å². The summed E-state index contributed by atoms with van der Waals surface area (Å²) in [4.78, 5) is 4.76. The highest BCUT2D eigenvalue weighted by Crippen LogP contribution is 2.53. The van der Waals surface area contributed by atoms with Crippen LogP contribution in [0.3, 0.4) is 0 Å². The molecular formula is C15H17F2NOS. The number of benzene rings is 1. The minimum absolute atomic E-state index is 0.173. The first-order valence-corrected chi connectivity index (χ1v) is 7.68. The van der Waals surface area contributed by atoms with Crippen molar-refractivity contribution in [2.24, 2.45) is 10.4 Å². The molecule has 1 fully saturated rings. The topological polar surface area (TPSA) is 21.6 Å². The second kappa shape index (κ2) is 4.81. The van der Waals surface area contributed by atoms with Crippen molar-refractivity contribution in [3.8, 4) is 0 Å². The van der Waals surface area contributed by atoms with Gasteiger partial charge in [0.05, 0.1) is 11.7 Å². The molecule has 5 heteroatoms. The van der Waals surface area contributed by atoms with Gasteiger partial charge in [-0.25, -0.2) is 8.78 Å². The summed E-state index contributed by atoms with van der Waals surface area (Å²) in [5, 5.41) is 0.928. The van der Waals surface area contributed by atoms with E-state index in [9.17, 15) is 8.78 Å². The number of hydrogen-bond acceptors (Lipinski definition) is 3. The van der Waals surface area contributed by atoms with Crippen LogP contribution in [0.2, 0.25) is 0 Å². The van der Waals surface area contributed by atoms with Gasteiger partial charge in [-0.1, -0.05) is 13.0 Å². The lowest BCUT2D eigenvalue weighted by molar-refractivity contribution is -0.0439. The Labute approximate surface area is 121 Å². The van der Waals surface area contributed by atoms with E-state index < -0.39 is 17.2 Å². The van der Waals surface area contributed by atoms with Gasteiger partial charge in [0.1, 0.15) is 17.2 Å². The molecule has 0 bridgehead atoms. The van der Waals surface area contributed by atoms with Crippen LogP contribution in [0.5, 0.6) is 0 Å². The van der Waals surface area contributed by atoms with Crippen molar-refractivity contribution in [3.05, 3.63) is 35.4 Å². The molecule has 1 aromatic rings. The molecule has 0 spiro atoms. The Kier molecular flexibility index (Phi) is 3.37. The number of rotatable bonds is 1. The number of hydrogen-bond donors (Lipinski definition) is 0. The van der Waals surface area contributed by atoms with Crippen molar-refractivity contribution in [2.75, 3.05) is 19.0 Å². The van der Waals surface area contributed by atoms with Crippen LogP contribution in [-0.2, 0) is 10.3 Å². The minimum Gasteiger partial charge on any atom is -0.379 e.